The molecule has 4 heteroatoms. The summed E-state index contributed by atoms with van der Waals surface area (Å²) in [4.78, 5) is 10.2. The molecule has 1 aliphatic rings. The topological polar surface area (TPSA) is 25.4 Å². The number of nitrogens with zero attached hydrogens (tertiary/aromatic N) is 4. The molecule has 0 saturated carbocycles. The van der Waals surface area contributed by atoms with Gasteiger partial charge in [0.25, 0.3) is 0 Å². The van der Waals surface area contributed by atoms with E-state index in [0.29, 0.717) is 5.69 Å². The zero-order valence-corrected chi connectivity index (χ0v) is 13.4. The van der Waals surface area contributed by atoms with Crippen LogP contribution >= 0.6 is 0 Å². The number of fused-ring (bicyclic) bond motifs is 1. The molecule has 4 rings (SSSR count). The Morgan fingerprint density at radius 3 is 2.71 bits per heavy atom. The highest BCUT2D eigenvalue weighted by molar-refractivity contribution is 5.57. The fraction of sp³-hybridized carbons (Fsp3) is 0.200. The molecule has 4 nitrogen and oxygen atoms in total. The molecule has 2 heterocycles. The number of imidazole rings is 1. The molecule has 3 aromatic rings. The van der Waals surface area contributed by atoms with Crippen LogP contribution in [0.25, 0.3) is 4.85 Å². The maximum atomic E-state index is 7.03. The van der Waals surface area contributed by atoms with Gasteiger partial charge >= 0.3 is 0 Å². The van der Waals surface area contributed by atoms with E-state index in [0.717, 1.165) is 26.1 Å². The van der Waals surface area contributed by atoms with Crippen molar-refractivity contribution in [3.05, 3.63) is 89.3 Å². The number of rotatable bonds is 4. The summed E-state index contributed by atoms with van der Waals surface area (Å²) in [6.07, 6.45) is 4.96. The van der Waals surface area contributed by atoms with Crippen LogP contribution in [0.15, 0.2) is 61.1 Å². The second-order valence-corrected chi connectivity index (χ2v) is 6.09. The first-order valence-corrected chi connectivity index (χ1v) is 8.12. The van der Waals surface area contributed by atoms with Gasteiger partial charge in [-0.1, -0.05) is 42.5 Å². The smallest absolute Gasteiger partial charge is 0.187 e. The van der Waals surface area contributed by atoms with Crippen LogP contribution in [0, 0.1) is 6.57 Å². The number of hydrogen-bond acceptors (Lipinski definition) is 2. The molecule has 0 unspecified atom stereocenters. The van der Waals surface area contributed by atoms with Crippen LogP contribution in [0.1, 0.15) is 16.8 Å². The Kier molecular flexibility index (Phi) is 3.76. The molecule has 1 aromatic heterocycles. The van der Waals surface area contributed by atoms with Crippen molar-refractivity contribution in [2.24, 2.45) is 0 Å². The molecule has 0 saturated heterocycles. The van der Waals surface area contributed by atoms with Gasteiger partial charge in [-0.05, 0) is 23.6 Å². The predicted molar refractivity (Wildman–Crippen MR) is 95.2 cm³/mol. The van der Waals surface area contributed by atoms with Crippen LogP contribution in [-0.2, 0) is 19.5 Å². The van der Waals surface area contributed by atoms with E-state index in [2.05, 4.69) is 43.6 Å². The van der Waals surface area contributed by atoms with Gasteiger partial charge in [0.1, 0.15) is 0 Å². The number of benzene rings is 2. The zero-order valence-electron chi connectivity index (χ0n) is 13.4. The first-order chi connectivity index (χ1) is 11.8. The van der Waals surface area contributed by atoms with E-state index in [1.165, 1.54) is 22.5 Å². The zero-order chi connectivity index (χ0) is 16.4. The molecule has 0 amide bonds. The third-order valence-electron chi connectivity index (χ3n) is 4.55. The van der Waals surface area contributed by atoms with E-state index in [1.54, 1.807) is 0 Å². The van der Waals surface area contributed by atoms with Crippen LogP contribution < -0.4 is 4.90 Å². The first-order valence-electron chi connectivity index (χ1n) is 8.12. The molecule has 0 bridgehead atoms. The van der Waals surface area contributed by atoms with Crippen molar-refractivity contribution in [2.75, 3.05) is 11.4 Å². The van der Waals surface area contributed by atoms with E-state index in [4.69, 9.17) is 6.57 Å². The summed E-state index contributed by atoms with van der Waals surface area (Å²) in [5, 5.41) is 0. The fourth-order valence-electron chi connectivity index (χ4n) is 3.26. The highest BCUT2D eigenvalue weighted by Crippen LogP contribution is 2.28. The minimum absolute atomic E-state index is 0.679. The largest absolute Gasteiger partial charge is 0.365 e. The molecule has 0 aliphatic carbocycles. The van der Waals surface area contributed by atoms with Crippen molar-refractivity contribution in [3.63, 3.8) is 0 Å². The summed E-state index contributed by atoms with van der Waals surface area (Å²) in [5.41, 5.74) is 5.84. The summed E-state index contributed by atoms with van der Waals surface area (Å²) < 4.78 is 2.19. The molecule has 0 fully saturated rings. The Hall–Kier alpha value is -3.06. The summed E-state index contributed by atoms with van der Waals surface area (Å²) in [6.45, 7) is 9.75. The molecule has 24 heavy (non-hydrogen) atoms. The van der Waals surface area contributed by atoms with E-state index in [9.17, 15) is 0 Å². The maximum Gasteiger partial charge on any atom is 0.187 e. The van der Waals surface area contributed by atoms with Gasteiger partial charge in [0.05, 0.1) is 25.1 Å². The van der Waals surface area contributed by atoms with Crippen molar-refractivity contribution >= 4 is 11.4 Å². The van der Waals surface area contributed by atoms with Crippen molar-refractivity contribution in [3.8, 4) is 0 Å². The average Bonchev–Trinajstić information content (AvgIpc) is 3.24. The van der Waals surface area contributed by atoms with Crippen molar-refractivity contribution < 1.29 is 0 Å². The molecule has 0 radical (unpaired) electrons. The van der Waals surface area contributed by atoms with Gasteiger partial charge in [0.2, 0.25) is 0 Å². The summed E-state index contributed by atoms with van der Waals surface area (Å²) in [5.74, 6) is 0. The van der Waals surface area contributed by atoms with Crippen LogP contribution in [0.4, 0.5) is 11.4 Å². The highest BCUT2D eigenvalue weighted by atomic mass is 15.2. The summed E-state index contributed by atoms with van der Waals surface area (Å²) in [6, 6.07) is 16.4. The van der Waals surface area contributed by atoms with E-state index >= 15 is 0 Å². The standard InChI is InChI=1S/C20H18N4/c1-21-18-8-6-16(7-9-18)13-24-15-22-12-19(24)14-23-11-10-17-4-2-3-5-20(17)23/h2-9,12,15H,10-11,13-14H2. The van der Waals surface area contributed by atoms with Crippen LogP contribution in [0.3, 0.4) is 0 Å². The lowest BCUT2D eigenvalue weighted by Crippen LogP contribution is -2.21. The van der Waals surface area contributed by atoms with E-state index in [1.807, 2.05) is 36.8 Å². The second-order valence-electron chi connectivity index (χ2n) is 6.09. The Morgan fingerprint density at radius 2 is 1.88 bits per heavy atom. The van der Waals surface area contributed by atoms with Gasteiger partial charge in [0, 0.05) is 25.0 Å². The normalized spacial score (nSPS) is 12.9. The predicted octanol–water partition coefficient (Wildman–Crippen LogP) is 4.04. The number of para-hydroxylation sites is 1. The second kappa shape index (κ2) is 6.21. The van der Waals surface area contributed by atoms with E-state index in [-0.39, 0.29) is 0 Å². The Bertz CT molecular complexity index is 887. The van der Waals surface area contributed by atoms with Crippen LogP contribution in [0.2, 0.25) is 0 Å². The lowest BCUT2D eigenvalue weighted by atomic mass is 10.2. The SMILES string of the molecule is [C-]#[N+]c1ccc(Cn2cncc2CN2CCc3ccccc32)cc1. The summed E-state index contributed by atoms with van der Waals surface area (Å²) in [7, 11) is 0. The van der Waals surface area contributed by atoms with Crippen LogP contribution in [-0.4, -0.2) is 16.1 Å². The van der Waals surface area contributed by atoms with Gasteiger partial charge in [-0.25, -0.2) is 9.83 Å². The Balaban J connectivity index is 1.52. The van der Waals surface area contributed by atoms with E-state index < -0.39 is 0 Å². The lowest BCUT2D eigenvalue weighted by Gasteiger charge is -2.20. The van der Waals surface area contributed by atoms with Gasteiger partial charge in [0.15, 0.2) is 5.69 Å². The molecular formula is C20H18N4. The van der Waals surface area contributed by atoms with Crippen molar-refractivity contribution in [1.29, 1.82) is 0 Å². The highest BCUT2D eigenvalue weighted by Gasteiger charge is 2.19. The number of anilines is 1. The minimum atomic E-state index is 0.679. The monoisotopic (exact) mass is 314 g/mol. The molecule has 0 N–H and O–H groups in total. The Morgan fingerprint density at radius 1 is 1.04 bits per heavy atom. The molecule has 0 spiro atoms. The third-order valence-corrected chi connectivity index (χ3v) is 4.55. The van der Waals surface area contributed by atoms with Gasteiger partial charge in [-0.3, -0.25) is 0 Å². The fourth-order valence-corrected chi connectivity index (χ4v) is 3.26. The molecule has 118 valence electrons. The van der Waals surface area contributed by atoms with Gasteiger partial charge in [-0.15, -0.1) is 0 Å². The van der Waals surface area contributed by atoms with Gasteiger partial charge < -0.3 is 9.47 Å². The Labute approximate surface area is 141 Å². The maximum absolute atomic E-state index is 7.03. The molecule has 0 atom stereocenters. The molecular weight excluding hydrogens is 296 g/mol. The quantitative estimate of drug-likeness (QED) is 0.679. The molecule has 2 aromatic carbocycles. The minimum Gasteiger partial charge on any atom is -0.365 e. The third kappa shape index (κ3) is 2.77. The summed E-state index contributed by atoms with van der Waals surface area (Å²) >= 11 is 0. The number of hydrogen-bond donors (Lipinski definition) is 0. The molecule has 1 aliphatic heterocycles. The number of aromatic nitrogens is 2. The van der Waals surface area contributed by atoms with Gasteiger partial charge in [-0.2, -0.15) is 0 Å². The lowest BCUT2D eigenvalue weighted by molar-refractivity contribution is 0.710. The van der Waals surface area contributed by atoms with Crippen LogP contribution in [0.5, 0.6) is 0 Å². The first kappa shape index (κ1) is 14.5. The average molecular weight is 314 g/mol. The van der Waals surface area contributed by atoms with Crippen molar-refractivity contribution in [1.82, 2.24) is 9.55 Å². The van der Waals surface area contributed by atoms with Crippen molar-refractivity contribution in [2.45, 2.75) is 19.5 Å².